The maximum Gasteiger partial charge on any atom is 0.271 e. The highest BCUT2D eigenvalue weighted by atomic mass is 16.1. The summed E-state index contributed by atoms with van der Waals surface area (Å²) in [6, 6.07) is 9.37. The number of amides is 1. The van der Waals surface area contributed by atoms with Gasteiger partial charge in [0, 0.05) is 30.7 Å². The van der Waals surface area contributed by atoms with Crippen LogP contribution in [0.5, 0.6) is 0 Å². The van der Waals surface area contributed by atoms with Crippen molar-refractivity contribution in [3.05, 3.63) is 52.6 Å². The number of carbonyl (C=O) groups is 1. The van der Waals surface area contributed by atoms with Crippen molar-refractivity contribution >= 4 is 22.5 Å². The normalized spacial score (nSPS) is 14.9. The Kier molecular flexibility index (Phi) is 4.14. The van der Waals surface area contributed by atoms with Crippen LogP contribution in [0.1, 0.15) is 30.3 Å². The van der Waals surface area contributed by atoms with Crippen LogP contribution in [-0.2, 0) is 7.05 Å². The minimum absolute atomic E-state index is 0.0802. The molecule has 1 atom stereocenters. The summed E-state index contributed by atoms with van der Waals surface area (Å²) in [7, 11) is 1.71. The first-order valence-corrected chi connectivity index (χ1v) is 8.98. The topological polar surface area (TPSA) is 103 Å². The number of aromatic nitrogens is 3. The van der Waals surface area contributed by atoms with E-state index in [1.807, 2.05) is 24.3 Å². The lowest BCUT2D eigenvalue weighted by molar-refractivity contribution is 0.0995. The third-order valence-corrected chi connectivity index (χ3v) is 5.13. The molecule has 3 N–H and O–H groups in total. The van der Waals surface area contributed by atoms with Crippen molar-refractivity contribution in [2.24, 2.45) is 18.7 Å². The van der Waals surface area contributed by atoms with Gasteiger partial charge in [0.1, 0.15) is 0 Å². The van der Waals surface area contributed by atoms with Gasteiger partial charge in [0.25, 0.3) is 11.5 Å². The van der Waals surface area contributed by atoms with Gasteiger partial charge in [-0.25, -0.2) is 0 Å². The Morgan fingerprint density at radius 2 is 1.96 bits per heavy atom. The minimum Gasteiger partial charge on any atom is -0.380 e. The molecule has 1 amide bonds. The van der Waals surface area contributed by atoms with E-state index in [1.54, 1.807) is 19.3 Å². The third kappa shape index (κ3) is 3.28. The zero-order valence-electron chi connectivity index (χ0n) is 15.3. The van der Waals surface area contributed by atoms with Gasteiger partial charge in [0.15, 0.2) is 5.69 Å². The molecule has 1 aliphatic carbocycles. The van der Waals surface area contributed by atoms with E-state index in [2.05, 4.69) is 22.4 Å². The fourth-order valence-electron chi connectivity index (χ4n) is 3.28. The third-order valence-electron chi connectivity index (χ3n) is 5.13. The number of nitrogens with one attached hydrogen (secondary N) is 1. The molecule has 2 heterocycles. The highest BCUT2D eigenvalue weighted by Crippen LogP contribution is 2.36. The molecule has 1 aliphatic rings. The Balaban J connectivity index is 1.82. The molecule has 0 saturated heterocycles. The van der Waals surface area contributed by atoms with Crippen LogP contribution in [0.3, 0.4) is 0 Å². The quantitative estimate of drug-likeness (QED) is 0.724. The number of primary amides is 1. The number of rotatable bonds is 5. The van der Waals surface area contributed by atoms with Crippen molar-refractivity contribution < 1.29 is 4.79 Å². The van der Waals surface area contributed by atoms with Crippen LogP contribution >= 0.6 is 0 Å². The number of nitrogens with zero attached hydrogens (tertiary/aromatic N) is 3. The monoisotopic (exact) mass is 363 g/mol. The van der Waals surface area contributed by atoms with Gasteiger partial charge in [-0.2, -0.15) is 0 Å². The Morgan fingerprint density at radius 3 is 2.63 bits per heavy atom. The fraction of sp³-hybridized carbons (Fsp3) is 0.300. The SMILES string of the molecule is C[C@@H](Nc1c(C(N)=O)nnc2cc(-c3ccn(C)c(=O)c3)ccc12)C1CC1. The molecule has 0 unspecified atom stereocenters. The van der Waals surface area contributed by atoms with Gasteiger partial charge in [-0.3, -0.25) is 9.59 Å². The second-order valence-electron chi connectivity index (χ2n) is 7.15. The molecule has 4 rings (SSSR count). The lowest BCUT2D eigenvalue weighted by atomic mass is 10.0. The Labute approximate surface area is 156 Å². The summed E-state index contributed by atoms with van der Waals surface area (Å²) >= 11 is 0. The minimum atomic E-state index is -0.606. The van der Waals surface area contributed by atoms with Crippen LogP contribution in [0, 0.1) is 5.92 Å². The summed E-state index contributed by atoms with van der Waals surface area (Å²) in [4.78, 5) is 23.7. The molecule has 27 heavy (non-hydrogen) atoms. The number of nitrogens with two attached hydrogens (primary N) is 1. The molecule has 3 aromatic rings. The molecule has 2 aromatic heterocycles. The van der Waals surface area contributed by atoms with Gasteiger partial charge in [-0.15, -0.1) is 10.2 Å². The van der Waals surface area contributed by atoms with E-state index in [4.69, 9.17) is 5.73 Å². The number of benzene rings is 1. The van der Waals surface area contributed by atoms with Crippen molar-refractivity contribution in [2.75, 3.05) is 5.32 Å². The van der Waals surface area contributed by atoms with E-state index in [0.717, 1.165) is 16.5 Å². The molecule has 0 spiro atoms. The van der Waals surface area contributed by atoms with E-state index in [0.29, 0.717) is 17.1 Å². The van der Waals surface area contributed by atoms with Crippen molar-refractivity contribution in [3.63, 3.8) is 0 Å². The van der Waals surface area contributed by atoms with Crippen LogP contribution in [0.2, 0.25) is 0 Å². The molecular formula is C20H21N5O2. The van der Waals surface area contributed by atoms with Crippen molar-refractivity contribution in [1.29, 1.82) is 0 Å². The number of fused-ring (bicyclic) bond motifs is 1. The molecule has 0 aliphatic heterocycles. The van der Waals surface area contributed by atoms with E-state index < -0.39 is 5.91 Å². The van der Waals surface area contributed by atoms with Gasteiger partial charge in [0.05, 0.1) is 11.2 Å². The molecular weight excluding hydrogens is 342 g/mol. The molecule has 1 aromatic carbocycles. The Hall–Kier alpha value is -3.22. The lowest BCUT2D eigenvalue weighted by Gasteiger charge is -2.18. The number of carbonyl (C=O) groups excluding carboxylic acids is 1. The van der Waals surface area contributed by atoms with Gasteiger partial charge in [-0.1, -0.05) is 6.07 Å². The number of anilines is 1. The number of pyridine rings is 1. The number of hydrogen-bond donors (Lipinski definition) is 2. The lowest BCUT2D eigenvalue weighted by Crippen LogP contribution is -2.23. The smallest absolute Gasteiger partial charge is 0.271 e. The summed E-state index contributed by atoms with van der Waals surface area (Å²) in [6.07, 6.45) is 4.10. The second-order valence-corrected chi connectivity index (χ2v) is 7.15. The first-order valence-electron chi connectivity index (χ1n) is 8.98. The molecule has 138 valence electrons. The Morgan fingerprint density at radius 1 is 1.22 bits per heavy atom. The van der Waals surface area contributed by atoms with Crippen LogP contribution in [-0.4, -0.2) is 26.7 Å². The van der Waals surface area contributed by atoms with Gasteiger partial charge < -0.3 is 15.6 Å². The van der Waals surface area contributed by atoms with Crippen molar-refractivity contribution in [2.45, 2.75) is 25.8 Å². The summed E-state index contributed by atoms with van der Waals surface area (Å²) in [5, 5.41) is 12.4. The molecule has 1 fully saturated rings. The maximum absolute atomic E-state index is 11.9. The molecule has 0 bridgehead atoms. The highest BCUT2D eigenvalue weighted by molar-refractivity contribution is 6.05. The highest BCUT2D eigenvalue weighted by Gasteiger charge is 2.29. The van der Waals surface area contributed by atoms with E-state index in [9.17, 15) is 9.59 Å². The van der Waals surface area contributed by atoms with Crippen LogP contribution in [0.4, 0.5) is 5.69 Å². The molecule has 0 radical (unpaired) electrons. The van der Waals surface area contributed by atoms with E-state index in [1.165, 1.54) is 17.4 Å². The van der Waals surface area contributed by atoms with E-state index in [-0.39, 0.29) is 17.3 Å². The average Bonchev–Trinajstić information content (AvgIpc) is 3.48. The average molecular weight is 363 g/mol. The molecule has 7 heteroatoms. The first kappa shape index (κ1) is 17.2. The van der Waals surface area contributed by atoms with Crippen LogP contribution in [0.25, 0.3) is 22.0 Å². The summed E-state index contributed by atoms with van der Waals surface area (Å²) in [5.74, 6) is -0.000668. The van der Waals surface area contributed by atoms with Crippen molar-refractivity contribution in [3.8, 4) is 11.1 Å². The summed E-state index contributed by atoms with van der Waals surface area (Å²) in [5.41, 5.74) is 8.52. The molecule has 7 nitrogen and oxygen atoms in total. The van der Waals surface area contributed by atoms with Gasteiger partial charge >= 0.3 is 0 Å². The van der Waals surface area contributed by atoms with Gasteiger partial charge in [-0.05, 0) is 55.0 Å². The predicted octanol–water partition coefficient (Wildman–Crippen LogP) is 2.30. The van der Waals surface area contributed by atoms with Crippen molar-refractivity contribution in [1.82, 2.24) is 14.8 Å². The maximum atomic E-state index is 11.9. The predicted molar refractivity (Wildman–Crippen MR) is 105 cm³/mol. The second kappa shape index (κ2) is 6.50. The fourth-order valence-corrected chi connectivity index (χ4v) is 3.28. The molecule has 1 saturated carbocycles. The largest absolute Gasteiger partial charge is 0.380 e. The summed E-state index contributed by atoms with van der Waals surface area (Å²) in [6.45, 7) is 2.10. The van der Waals surface area contributed by atoms with Gasteiger partial charge in [0.2, 0.25) is 0 Å². The zero-order chi connectivity index (χ0) is 19.1. The van der Waals surface area contributed by atoms with Crippen LogP contribution in [0.15, 0.2) is 41.3 Å². The standard InChI is InChI=1S/C20H21N5O2/c1-11(12-3-4-12)22-18-15-6-5-13(14-7-8-25(2)17(26)10-14)9-16(15)23-24-19(18)20(21)27/h5-12H,3-4H2,1-2H3,(H2,21,27)(H,22,23)/t11-/m1/s1. The van der Waals surface area contributed by atoms with Crippen LogP contribution < -0.4 is 16.6 Å². The first-order chi connectivity index (χ1) is 12.9. The number of hydrogen-bond acceptors (Lipinski definition) is 5. The summed E-state index contributed by atoms with van der Waals surface area (Å²) < 4.78 is 1.52. The van der Waals surface area contributed by atoms with E-state index >= 15 is 0 Å². The zero-order valence-corrected chi connectivity index (χ0v) is 15.3. The number of aryl methyl sites for hydroxylation is 1. The Bertz CT molecular complexity index is 1100.